The van der Waals surface area contributed by atoms with Crippen LogP contribution in [0, 0.1) is 5.82 Å². The Morgan fingerprint density at radius 3 is 2.42 bits per heavy atom. The highest BCUT2D eigenvalue weighted by Gasteiger charge is 2.36. The van der Waals surface area contributed by atoms with Crippen molar-refractivity contribution in [3.05, 3.63) is 59.4 Å². The second-order valence-corrected chi connectivity index (χ2v) is 9.38. The van der Waals surface area contributed by atoms with Gasteiger partial charge in [0.2, 0.25) is 10.0 Å². The summed E-state index contributed by atoms with van der Waals surface area (Å²) in [5.41, 5.74) is -1.92. The molecule has 0 aliphatic carbocycles. The van der Waals surface area contributed by atoms with E-state index in [1.165, 1.54) is 34.6 Å². The van der Waals surface area contributed by atoms with Crippen molar-refractivity contribution in [2.75, 3.05) is 25.0 Å². The Balaban J connectivity index is 1.77. The number of aliphatic hydroxyl groups excluding tert-OH is 2. The smallest absolute Gasteiger partial charge is 0.266 e. The molecule has 1 aliphatic heterocycles. The average molecular weight is 460 g/mol. The number of nitrogens with zero attached hydrogens (tertiary/aromatic N) is 1. The molecule has 0 aromatic heterocycles. The molecule has 170 valence electrons. The maximum absolute atomic E-state index is 13.4. The van der Waals surface area contributed by atoms with Crippen molar-refractivity contribution in [1.29, 1.82) is 0 Å². The first kappa shape index (κ1) is 23.5. The summed E-state index contributed by atoms with van der Waals surface area (Å²) in [7, 11) is -3.92. The second kappa shape index (κ2) is 9.13. The number of halogens is 3. The zero-order valence-electron chi connectivity index (χ0n) is 16.4. The van der Waals surface area contributed by atoms with Gasteiger partial charge in [0.25, 0.3) is 6.43 Å². The molecule has 1 heterocycles. The Labute approximate surface area is 177 Å². The molecule has 0 spiro atoms. The van der Waals surface area contributed by atoms with Crippen molar-refractivity contribution in [3.8, 4) is 0 Å². The average Bonchev–Trinajstić information content (AvgIpc) is 2.75. The fraction of sp³-hybridized carbons (Fsp3) is 0.400. The minimum absolute atomic E-state index is 0.0242. The molecule has 7 nitrogen and oxygen atoms in total. The van der Waals surface area contributed by atoms with Crippen molar-refractivity contribution < 1.29 is 36.9 Å². The molecule has 1 saturated heterocycles. The molecule has 1 fully saturated rings. The van der Waals surface area contributed by atoms with E-state index in [-0.39, 0.29) is 42.1 Å². The fourth-order valence-corrected chi connectivity index (χ4v) is 4.83. The van der Waals surface area contributed by atoms with E-state index in [9.17, 15) is 36.9 Å². The number of aliphatic hydroxyl groups is 3. The van der Waals surface area contributed by atoms with Crippen molar-refractivity contribution in [2.45, 2.75) is 36.0 Å². The molecular weight excluding hydrogens is 437 g/mol. The van der Waals surface area contributed by atoms with Gasteiger partial charge in [0, 0.05) is 24.3 Å². The monoisotopic (exact) mass is 460 g/mol. The van der Waals surface area contributed by atoms with Crippen LogP contribution in [0.4, 0.5) is 18.9 Å². The van der Waals surface area contributed by atoms with Crippen LogP contribution in [-0.4, -0.2) is 53.3 Å². The van der Waals surface area contributed by atoms with Crippen LogP contribution < -0.4 is 5.32 Å². The highest BCUT2D eigenvalue weighted by Crippen LogP contribution is 2.29. The summed E-state index contributed by atoms with van der Waals surface area (Å²) >= 11 is 0. The van der Waals surface area contributed by atoms with Gasteiger partial charge in [0.15, 0.2) is 6.23 Å². The molecular formula is C20H23F3N2O5S. The van der Waals surface area contributed by atoms with Crippen molar-refractivity contribution >= 4 is 15.7 Å². The van der Waals surface area contributed by atoms with Crippen molar-refractivity contribution in [2.24, 2.45) is 0 Å². The minimum atomic E-state index is -3.92. The minimum Gasteiger partial charge on any atom is -0.393 e. The lowest BCUT2D eigenvalue weighted by molar-refractivity contribution is -0.0480. The summed E-state index contributed by atoms with van der Waals surface area (Å²) in [5.74, 6) is -1.07. The third-order valence-electron chi connectivity index (χ3n) is 5.29. The number of benzene rings is 2. The Hall–Kier alpha value is -2.18. The van der Waals surface area contributed by atoms with Gasteiger partial charge in [0.05, 0.1) is 22.7 Å². The van der Waals surface area contributed by atoms with E-state index in [1.54, 1.807) is 0 Å². The topological polar surface area (TPSA) is 110 Å². The summed E-state index contributed by atoms with van der Waals surface area (Å²) in [6, 6.07) is 8.39. The van der Waals surface area contributed by atoms with Gasteiger partial charge in [-0.15, -0.1) is 0 Å². The number of rotatable bonds is 7. The highest BCUT2D eigenvalue weighted by atomic mass is 32.2. The van der Waals surface area contributed by atoms with Crippen LogP contribution in [0.1, 0.15) is 36.6 Å². The predicted molar refractivity (Wildman–Crippen MR) is 106 cm³/mol. The molecule has 0 bridgehead atoms. The van der Waals surface area contributed by atoms with Crippen LogP contribution in [0.15, 0.2) is 47.4 Å². The predicted octanol–water partition coefficient (Wildman–Crippen LogP) is 2.37. The molecule has 0 radical (unpaired) electrons. The number of alkyl halides is 2. The molecule has 2 aromatic carbocycles. The van der Waals surface area contributed by atoms with E-state index in [0.29, 0.717) is 0 Å². The van der Waals surface area contributed by atoms with E-state index in [2.05, 4.69) is 5.32 Å². The lowest BCUT2D eigenvalue weighted by atomic mass is 9.94. The largest absolute Gasteiger partial charge is 0.393 e. The second-order valence-electron chi connectivity index (χ2n) is 7.44. The van der Waals surface area contributed by atoms with Crippen LogP contribution in [0.2, 0.25) is 0 Å². The molecule has 2 aromatic rings. The van der Waals surface area contributed by atoms with E-state index in [4.69, 9.17) is 0 Å². The number of nitrogens with one attached hydrogen (secondary N) is 1. The fourth-order valence-electron chi connectivity index (χ4n) is 3.34. The number of anilines is 1. The molecule has 31 heavy (non-hydrogen) atoms. The molecule has 3 rings (SSSR count). The lowest BCUT2D eigenvalue weighted by Crippen LogP contribution is -2.48. The quantitative estimate of drug-likeness (QED) is 0.473. The summed E-state index contributed by atoms with van der Waals surface area (Å²) in [6.45, 7) is -0.405. The van der Waals surface area contributed by atoms with E-state index < -0.39 is 46.3 Å². The van der Waals surface area contributed by atoms with Gasteiger partial charge in [0.1, 0.15) is 5.82 Å². The van der Waals surface area contributed by atoms with Crippen LogP contribution in [0.3, 0.4) is 0 Å². The summed E-state index contributed by atoms with van der Waals surface area (Å²) in [5, 5.41) is 32.3. The number of piperidine rings is 1. The van der Waals surface area contributed by atoms with Gasteiger partial charge < -0.3 is 20.6 Å². The highest BCUT2D eigenvalue weighted by molar-refractivity contribution is 7.89. The van der Waals surface area contributed by atoms with Crippen LogP contribution in [0.25, 0.3) is 0 Å². The zero-order chi connectivity index (χ0) is 22.8. The molecule has 1 unspecified atom stereocenters. The Kier molecular flexibility index (Phi) is 6.92. The first-order chi connectivity index (χ1) is 14.6. The number of hydrogen-bond acceptors (Lipinski definition) is 6. The standard InChI is InChI=1S/C20H23F3N2O5S/c21-17-5-4-14(11-16(17)18(22)23)24-19(27)13-2-1-3-15(10-13)31(29,30)25-8-6-20(28,12-26)7-9-25/h1-5,10-11,18-19,24,26-28H,6-9,12H2. The molecule has 11 heteroatoms. The Bertz CT molecular complexity index is 1030. The Morgan fingerprint density at radius 2 is 1.81 bits per heavy atom. The number of sulfonamides is 1. The van der Waals surface area contributed by atoms with E-state index in [0.717, 1.165) is 12.1 Å². The van der Waals surface area contributed by atoms with Gasteiger partial charge in [-0.2, -0.15) is 4.31 Å². The van der Waals surface area contributed by atoms with Gasteiger partial charge in [-0.25, -0.2) is 21.6 Å². The zero-order valence-corrected chi connectivity index (χ0v) is 17.2. The summed E-state index contributed by atoms with van der Waals surface area (Å²) < 4.78 is 66.2. The van der Waals surface area contributed by atoms with Crippen LogP contribution in [-0.2, 0) is 10.0 Å². The van der Waals surface area contributed by atoms with Gasteiger partial charge >= 0.3 is 0 Å². The lowest BCUT2D eigenvalue weighted by Gasteiger charge is -2.36. The molecule has 4 N–H and O–H groups in total. The first-order valence-electron chi connectivity index (χ1n) is 9.51. The maximum Gasteiger partial charge on any atom is 0.266 e. The number of hydrogen-bond donors (Lipinski definition) is 4. The van der Waals surface area contributed by atoms with E-state index >= 15 is 0 Å². The molecule has 0 saturated carbocycles. The van der Waals surface area contributed by atoms with E-state index in [1.807, 2.05) is 0 Å². The normalized spacial score (nSPS) is 18.2. The summed E-state index contributed by atoms with van der Waals surface area (Å²) in [6.07, 6.45) is -4.29. The molecule has 1 aliphatic rings. The van der Waals surface area contributed by atoms with Crippen molar-refractivity contribution in [1.82, 2.24) is 4.31 Å². The SMILES string of the molecule is O=S(=O)(c1cccc(C(O)Nc2ccc(F)c(C(F)F)c2)c1)N1CCC(O)(CO)CC1. The van der Waals surface area contributed by atoms with Gasteiger partial charge in [-0.1, -0.05) is 12.1 Å². The third-order valence-corrected chi connectivity index (χ3v) is 7.19. The maximum atomic E-state index is 13.4. The van der Waals surface area contributed by atoms with Crippen LogP contribution in [0.5, 0.6) is 0 Å². The molecule has 1 atom stereocenters. The Morgan fingerprint density at radius 1 is 1.13 bits per heavy atom. The van der Waals surface area contributed by atoms with Gasteiger partial charge in [-0.3, -0.25) is 0 Å². The van der Waals surface area contributed by atoms with Crippen LogP contribution >= 0.6 is 0 Å². The van der Waals surface area contributed by atoms with Crippen molar-refractivity contribution in [3.63, 3.8) is 0 Å². The molecule has 0 amide bonds. The first-order valence-corrected chi connectivity index (χ1v) is 11.0. The third kappa shape index (κ3) is 5.18. The van der Waals surface area contributed by atoms with Gasteiger partial charge in [-0.05, 0) is 43.2 Å². The summed E-state index contributed by atoms with van der Waals surface area (Å²) in [4.78, 5) is -0.0901.